The van der Waals surface area contributed by atoms with Gasteiger partial charge in [-0.15, -0.1) is 0 Å². The Morgan fingerprint density at radius 3 is 2.26 bits per heavy atom. The molecule has 0 unspecified atom stereocenters. The standard InChI is InChI=1S/C12H20O7/c1-3-17-12(18-4-2)9-16-7-8-19-11(15)6-5-10(13)14/h5-6,12H,3-4,7-9H2,1-2H3,(H,13,14)/b6-5+. The molecule has 0 spiro atoms. The summed E-state index contributed by atoms with van der Waals surface area (Å²) in [6.07, 6.45) is 1.12. The molecular weight excluding hydrogens is 256 g/mol. The summed E-state index contributed by atoms with van der Waals surface area (Å²) in [7, 11) is 0. The van der Waals surface area contributed by atoms with Crippen LogP contribution < -0.4 is 0 Å². The van der Waals surface area contributed by atoms with Crippen molar-refractivity contribution in [3.05, 3.63) is 12.2 Å². The molecule has 0 aliphatic heterocycles. The number of carbonyl (C=O) groups excluding carboxylic acids is 1. The van der Waals surface area contributed by atoms with E-state index < -0.39 is 18.2 Å². The first kappa shape index (κ1) is 17.6. The molecule has 0 aromatic heterocycles. The van der Waals surface area contributed by atoms with Gasteiger partial charge in [-0.25, -0.2) is 9.59 Å². The highest BCUT2D eigenvalue weighted by Gasteiger charge is 2.07. The van der Waals surface area contributed by atoms with Crippen LogP contribution in [0.5, 0.6) is 0 Å². The zero-order valence-corrected chi connectivity index (χ0v) is 11.2. The van der Waals surface area contributed by atoms with E-state index in [9.17, 15) is 9.59 Å². The molecule has 1 N–H and O–H groups in total. The van der Waals surface area contributed by atoms with Crippen LogP contribution in [0.15, 0.2) is 12.2 Å². The lowest BCUT2D eigenvalue weighted by atomic mass is 10.5. The van der Waals surface area contributed by atoms with Crippen LogP contribution in [0.4, 0.5) is 0 Å². The molecule has 0 atom stereocenters. The minimum absolute atomic E-state index is 0.0355. The second-order valence-electron chi connectivity index (χ2n) is 3.25. The fourth-order valence-corrected chi connectivity index (χ4v) is 1.08. The first-order chi connectivity index (χ1) is 9.10. The number of hydrogen-bond donors (Lipinski definition) is 1. The maximum atomic E-state index is 11.0. The molecule has 0 heterocycles. The molecule has 0 saturated heterocycles. The highest BCUT2D eigenvalue weighted by atomic mass is 16.7. The Bertz CT molecular complexity index is 282. The van der Waals surface area contributed by atoms with E-state index in [4.69, 9.17) is 24.1 Å². The van der Waals surface area contributed by atoms with Gasteiger partial charge < -0.3 is 24.1 Å². The van der Waals surface area contributed by atoms with Gasteiger partial charge in [0.25, 0.3) is 0 Å². The van der Waals surface area contributed by atoms with Gasteiger partial charge in [-0.1, -0.05) is 0 Å². The molecule has 0 aliphatic rings. The molecular formula is C12H20O7. The van der Waals surface area contributed by atoms with Gasteiger partial charge in [-0.2, -0.15) is 0 Å². The van der Waals surface area contributed by atoms with E-state index in [0.717, 1.165) is 6.08 Å². The maximum Gasteiger partial charge on any atom is 0.331 e. The van der Waals surface area contributed by atoms with Crippen molar-refractivity contribution >= 4 is 11.9 Å². The predicted molar refractivity (Wildman–Crippen MR) is 65.6 cm³/mol. The van der Waals surface area contributed by atoms with E-state index in [1.54, 1.807) is 0 Å². The van der Waals surface area contributed by atoms with E-state index in [1.807, 2.05) is 13.8 Å². The van der Waals surface area contributed by atoms with E-state index in [2.05, 4.69) is 0 Å². The van der Waals surface area contributed by atoms with E-state index in [0.29, 0.717) is 19.3 Å². The molecule has 0 amide bonds. The summed E-state index contributed by atoms with van der Waals surface area (Å²) < 4.78 is 20.4. The number of rotatable bonds is 11. The summed E-state index contributed by atoms with van der Waals surface area (Å²) >= 11 is 0. The zero-order valence-electron chi connectivity index (χ0n) is 11.2. The minimum Gasteiger partial charge on any atom is -0.478 e. The van der Waals surface area contributed by atoms with Gasteiger partial charge >= 0.3 is 11.9 Å². The molecule has 19 heavy (non-hydrogen) atoms. The Balaban J connectivity index is 3.62. The van der Waals surface area contributed by atoms with Crippen LogP contribution in [0, 0.1) is 0 Å². The summed E-state index contributed by atoms with van der Waals surface area (Å²) in [6, 6.07) is 0. The predicted octanol–water partition coefficient (Wildman–Crippen LogP) is 0.586. The highest BCUT2D eigenvalue weighted by Crippen LogP contribution is 1.96. The number of carboxylic acid groups (broad SMARTS) is 1. The molecule has 0 aliphatic carbocycles. The lowest BCUT2D eigenvalue weighted by molar-refractivity contribution is -0.170. The van der Waals surface area contributed by atoms with Crippen molar-refractivity contribution in [3.8, 4) is 0 Å². The average Bonchev–Trinajstić information content (AvgIpc) is 2.36. The van der Waals surface area contributed by atoms with Crippen molar-refractivity contribution in [2.24, 2.45) is 0 Å². The summed E-state index contributed by atoms with van der Waals surface area (Å²) in [6.45, 7) is 5.19. The smallest absolute Gasteiger partial charge is 0.331 e. The Kier molecular flexibility index (Phi) is 10.8. The molecule has 0 saturated carbocycles. The topological polar surface area (TPSA) is 91.3 Å². The van der Waals surface area contributed by atoms with Crippen molar-refractivity contribution < 1.29 is 33.6 Å². The Morgan fingerprint density at radius 2 is 1.74 bits per heavy atom. The van der Waals surface area contributed by atoms with Gasteiger partial charge in [0, 0.05) is 25.4 Å². The fraction of sp³-hybridized carbons (Fsp3) is 0.667. The molecule has 0 aromatic rings. The highest BCUT2D eigenvalue weighted by molar-refractivity contribution is 5.90. The monoisotopic (exact) mass is 276 g/mol. The lowest BCUT2D eigenvalue weighted by Crippen LogP contribution is -2.24. The first-order valence-corrected chi connectivity index (χ1v) is 5.98. The van der Waals surface area contributed by atoms with Crippen molar-refractivity contribution in [3.63, 3.8) is 0 Å². The van der Waals surface area contributed by atoms with Gasteiger partial charge in [0.1, 0.15) is 6.61 Å². The summed E-state index contributed by atoms with van der Waals surface area (Å²) in [5.41, 5.74) is 0. The molecule has 0 rings (SSSR count). The van der Waals surface area contributed by atoms with Gasteiger partial charge in [-0.05, 0) is 13.8 Å². The summed E-state index contributed by atoms with van der Waals surface area (Å²) in [5.74, 6) is -1.93. The number of hydrogen-bond acceptors (Lipinski definition) is 6. The van der Waals surface area contributed by atoms with E-state index >= 15 is 0 Å². The van der Waals surface area contributed by atoms with Crippen LogP contribution in [-0.2, 0) is 28.5 Å². The van der Waals surface area contributed by atoms with E-state index in [1.165, 1.54) is 0 Å². The number of carbonyl (C=O) groups is 2. The second-order valence-corrected chi connectivity index (χ2v) is 3.25. The molecule has 7 heteroatoms. The Morgan fingerprint density at radius 1 is 1.11 bits per heavy atom. The summed E-state index contributed by atoms with van der Waals surface area (Å²) in [4.78, 5) is 21.1. The van der Waals surface area contributed by atoms with Gasteiger partial charge in [-0.3, -0.25) is 0 Å². The van der Waals surface area contributed by atoms with Crippen LogP contribution in [0.1, 0.15) is 13.8 Å². The van der Waals surface area contributed by atoms with Gasteiger partial charge in [0.05, 0.1) is 13.2 Å². The van der Waals surface area contributed by atoms with Crippen LogP contribution >= 0.6 is 0 Å². The third-order valence-corrected chi connectivity index (χ3v) is 1.79. The molecule has 0 radical (unpaired) electrons. The number of esters is 1. The summed E-state index contributed by atoms with van der Waals surface area (Å²) in [5, 5.41) is 8.29. The van der Waals surface area contributed by atoms with Crippen LogP contribution in [-0.4, -0.2) is 56.4 Å². The fourth-order valence-electron chi connectivity index (χ4n) is 1.08. The van der Waals surface area contributed by atoms with Crippen LogP contribution in [0.25, 0.3) is 0 Å². The number of ether oxygens (including phenoxy) is 4. The quantitative estimate of drug-likeness (QED) is 0.255. The van der Waals surface area contributed by atoms with Crippen molar-refractivity contribution in [2.75, 3.05) is 33.0 Å². The minimum atomic E-state index is -1.20. The van der Waals surface area contributed by atoms with Crippen molar-refractivity contribution in [2.45, 2.75) is 20.1 Å². The zero-order chi connectivity index (χ0) is 14.5. The molecule has 0 bridgehead atoms. The largest absolute Gasteiger partial charge is 0.478 e. The Hall–Kier alpha value is -1.44. The molecule has 0 aromatic carbocycles. The molecule has 110 valence electrons. The van der Waals surface area contributed by atoms with Crippen LogP contribution in [0.3, 0.4) is 0 Å². The van der Waals surface area contributed by atoms with Crippen molar-refractivity contribution in [1.29, 1.82) is 0 Å². The molecule has 7 nitrogen and oxygen atoms in total. The lowest BCUT2D eigenvalue weighted by Gasteiger charge is -2.16. The number of aliphatic carboxylic acids is 1. The average molecular weight is 276 g/mol. The maximum absolute atomic E-state index is 11.0. The Labute approximate surface area is 112 Å². The van der Waals surface area contributed by atoms with Gasteiger partial charge in [0.15, 0.2) is 6.29 Å². The third kappa shape index (κ3) is 11.4. The normalized spacial score (nSPS) is 11.1. The van der Waals surface area contributed by atoms with Gasteiger partial charge in [0.2, 0.25) is 0 Å². The van der Waals surface area contributed by atoms with Crippen LogP contribution in [0.2, 0.25) is 0 Å². The van der Waals surface area contributed by atoms with E-state index in [-0.39, 0.29) is 19.8 Å². The number of carboxylic acids is 1. The molecule has 0 fully saturated rings. The second kappa shape index (κ2) is 11.6. The third-order valence-electron chi connectivity index (χ3n) is 1.79. The SMILES string of the molecule is CCOC(COCCOC(=O)/C=C/C(=O)O)OCC. The first-order valence-electron chi connectivity index (χ1n) is 5.98. The van der Waals surface area contributed by atoms with Crippen molar-refractivity contribution in [1.82, 2.24) is 0 Å².